The highest BCUT2D eigenvalue weighted by molar-refractivity contribution is 5.12. The minimum atomic E-state index is -0.655. The minimum absolute atomic E-state index is 0.00140. The highest BCUT2D eigenvalue weighted by atomic mass is 16.6. The second kappa shape index (κ2) is 19.7. The number of unbranched alkanes of at least 4 members (excludes halogenated alkanes) is 7. The molecule has 0 aliphatic heterocycles. The molecule has 4 nitrogen and oxygen atoms in total. The van der Waals surface area contributed by atoms with Gasteiger partial charge in [0, 0.05) is 7.11 Å². The molecule has 0 heterocycles. The van der Waals surface area contributed by atoms with Crippen molar-refractivity contribution < 1.29 is 19.3 Å². The van der Waals surface area contributed by atoms with Crippen molar-refractivity contribution >= 4 is 0 Å². The van der Waals surface area contributed by atoms with Crippen LogP contribution in [0.25, 0.3) is 0 Å². The Morgan fingerprint density at radius 2 is 1.69 bits per heavy atom. The van der Waals surface area contributed by atoms with Gasteiger partial charge in [-0.1, -0.05) is 84.1 Å². The van der Waals surface area contributed by atoms with E-state index >= 15 is 0 Å². The maximum Gasteiger partial charge on any atom is 0.155 e. The van der Waals surface area contributed by atoms with E-state index in [0.29, 0.717) is 12.7 Å². The summed E-state index contributed by atoms with van der Waals surface area (Å²) in [4.78, 5) is 0. The lowest BCUT2D eigenvalue weighted by Gasteiger charge is -2.31. The Morgan fingerprint density at radius 3 is 2.46 bits per heavy atom. The van der Waals surface area contributed by atoms with Gasteiger partial charge in [0.1, 0.15) is 0 Å². The highest BCUT2D eigenvalue weighted by Gasteiger charge is 2.25. The molecule has 2 rings (SSSR count). The van der Waals surface area contributed by atoms with Crippen LogP contribution in [0.5, 0.6) is 0 Å². The van der Waals surface area contributed by atoms with Gasteiger partial charge in [0.15, 0.2) is 6.29 Å². The predicted molar refractivity (Wildman–Crippen MR) is 147 cm³/mol. The fourth-order valence-corrected chi connectivity index (χ4v) is 5.86. The van der Waals surface area contributed by atoms with Crippen molar-refractivity contribution in [2.24, 2.45) is 5.92 Å². The molecule has 0 bridgehead atoms. The van der Waals surface area contributed by atoms with Crippen molar-refractivity contribution in [1.82, 2.24) is 0 Å². The quantitative estimate of drug-likeness (QED) is 0.105. The molecular formula is C31H58O4. The summed E-state index contributed by atoms with van der Waals surface area (Å²) in [5.41, 5.74) is 1.51. The SMILES string of the molecule is CCCCCCCCCC(O)OC(CCCC)COC1CCCC=C1CCC1CCCC(OC)C1. The molecule has 206 valence electrons. The van der Waals surface area contributed by atoms with E-state index < -0.39 is 6.29 Å². The predicted octanol–water partition coefficient (Wildman–Crippen LogP) is 8.50. The van der Waals surface area contributed by atoms with Crippen LogP contribution in [0.2, 0.25) is 0 Å². The zero-order chi connectivity index (χ0) is 25.1. The lowest BCUT2D eigenvalue weighted by atomic mass is 9.82. The monoisotopic (exact) mass is 494 g/mol. The van der Waals surface area contributed by atoms with E-state index in [1.165, 1.54) is 89.0 Å². The van der Waals surface area contributed by atoms with E-state index in [-0.39, 0.29) is 12.2 Å². The van der Waals surface area contributed by atoms with Crippen molar-refractivity contribution in [3.05, 3.63) is 11.6 Å². The van der Waals surface area contributed by atoms with Gasteiger partial charge >= 0.3 is 0 Å². The smallest absolute Gasteiger partial charge is 0.155 e. The summed E-state index contributed by atoms with van der Waals surface area (Å²) in [5, 5.41) is 10.5. The fraction of sp³-hybridized carbons (Fsp3) is 0.935. The van der Waals surface area contributed by atoms with Crippen molar-refractivity contribution in [3.63, 3.8) is 0 Å². The molecule has 5 unspecified atom stereocenters. The topological polar surface area (TPSA) is 47.9 Å². The number of methoxy groups -OCH3 is 1. The van der Waals surface area contributed by atoms with Gasteiger partial charge in [-0.05, 0) is 75.7 Å². The largest absolute Gasteiger partial charge is 0.381 e. The molecule has 4 heteroatoms. The summed E-state index contributed by atoms with van der Waals surface area (Å²) in [6.45, 7) is 5.08. The average molecular weight is 495 g/mol. The van der Waals surface area contributed by atoms with Crippen molar-refractivity contribution in [1.29, 1.82) is 0 Å². The van der Waals surface area contributed by atoms with Gasteiger partial charge in [-0.2, -0.15) is 0 Å². The number of hydrogen-bond donors (Lipinski definition) is 1. The van der Waals surface area contributed by atoms with E-state index in [0.717, 1.165) is 50.9 Å². The van der Waals surface area contributed by atoms with Crippen LogP contribution in [-0.4, -0.2) is 43.4 Å². The second-order valence-electron chi connectivity index (χ2n) is 11.2. The normalized spacial score (nSPS) is 24.8. The zero-order valence-corrected chi connectivity index (χ0v) is 23.5. The van der Waals surface area contributed by atoms with Crippen molar-refractivity contribution in [2.75, 3.05) is 13.7 Å². The molecule has 1 fully saturated rings. The van der Waals surface area contributed by atoms with Crippen molar-refractivity contribution in [3.8, 4) is 0 Å². The van der Waals surface area contributed by atoms with Crippen LogP contribution in [-0.2, 0) is 14.2 Å². The highest BCUT2D eigenvalue weighted by Crippen LogP contribution is 2.33. The second-order valence-corrected chi connectivity index (χ2v) is 11.2. The Bertz CT molecular complexity index is 534. The third-order valence-electron chi connectivity index (χ3n) is 8.17. The minimum Gasteiger partial charge on any atom is -0.381 e. The van der Waals surface area contributed by atoms with Gasteiger partial charge in [0.2, 0.25) is 0 Å². The van der Waals surface area contributed by atoms with E-state index in [9.17, 15) is 5.11 Å². The van der Waals surface area contributed by atoms with Gasteiger partial charge in [0.05, 0.1) is 24.9 Å². The molecule has 35 heavy (non-hydrogen) atoms. The van der Waals surface area contributed by atoms with Gasteiger partial charge in [-0.25, -0.2) is 0 Å². The van der Waals surface area contributed by atoms with E-state index in [2.05, 4.69) is 19.9 Å². The summed E-state index contributed by atoms with van der Waals surface area (Å²) in [6, 6.07) is 0. The molecule has 0 aromatic carbocycles. The van der Waals surface area contributed by atoms with Crippen LogP contribution in [0, 0.1) is 5.92 Å². The molecule has 2 aliphatic rings. The Labute approximate surface area is 217 Å². The molecular weight excluding hydrogens is 436 g/mol. The van der Waals surface area contributed by atoms with E-state index in [1.807, 2.05) is 7.11 Å². The molecule has 0 radical (unpaired) electrons. The Hall–Kier alpha value is -0.420. The average Bonchev–Trinajstić information content (AvgIpc) is 2.89. The van der Waals surface area contributed by atoms with Gasteiger partial charge in [-0.15, -0.1) is 0 Å². The molecule has 2 aliphatic carbocycles. The molecule has 0 aromatic rings. The van der Waals surface area contributed by atoms with Gasteiger partial charge in [0.25, 0.3) is 0 Å². The first kappa shape index (κ1) is 30.8. The third-order valence-corrected chi connectivity index (χ3v) is 8.17. The Kier molecular flexibility index (Phi) is 17.3. The summed E-state index contributed by atoms with van der Waals surface area (Å²) in [5.74, 6) is 0.791. The standard InChI is InChI=1S/C31H58O4/c1-4-6-8-9-10-11-12-21-31(32)35-29(18-7-5-2)25-34-30-20-14-13-17-27(30)23-22-26-16-15-19-28(24-26)33-3/h17,26,28-32H,4-16,18-25H2,1-3H3. The number of allylic oxidation sites excluding steroid dienone is 1. The molecule has 0 aromatic heterocycles. The van der Waals surface area contributed by atoms with Crippen LogP contribution in [0.3, 0.4) is 0 Å². The van der Waals surface area contributed by atoms with E-state index in [1.54, 1.807) is 0 Å². The molecule has 0 saturated heterocycles. The first-order chi connectivity index (χ1) is 17.2. The lowest BCUT2D eigenvalue weighted by Crippen LogP contribution is -2.30. The molecule has 1 saturated carbocycles. The lowest BCUT2D eigenvalue weighted by molar-refractivity contribution is -0.162. The van der Waals surface area contributed by atoms with Crippen LogP contribution in [0.1, 0.15) is 142 Å². The number of rotatable bonds is 20. The van der Waals surface area contributed by atoms with E-state index in [4.69, 9.17) is 14.2 Å². The van der Waals surface area contributed by atoms with Crippen LogP contribution < -0.4 is 0 Å². The number of aliphatic hydroxyl groups excluding tert-OH is 1. The molecule has 0 amide bonds. The maximum absolute atomic E-state index is 10.5. The third kappa shape index (κ3) is 13.6. The number of ether oxygens (including phenoxy) is 3. The Balaban J connectivity index is 1.72. The van der Waals surface area contributed by atoms with Crippen molar-refractivity contribution in [2.45, 2.75) is 167 Å². The maximum atomic E-state index is 10.5. The molecule has 1 N–H and O–H groups in total. The first-order valence-electron chi connectivity index (χ1n) is 15.3. The summed E-state index contributed by atoms with van der Waals surface area (Å²) >= 11 is 0. The summed E-state index contributed by atoms with van der Waals surface area (Å²) in [7, 11) is 1.86. The molecule has 5 atom stereocenters. The number of hydrogen-bond acceptors (Lipinski definition) is 4. The Morgan fingerprint density at radius 1 is 0.914 bits per heavy atom. The van der Waals surface area contributed by atoms with Gasteiger partial charge < -0.3 is 19.3 Å². The fourth-order valence-electron chi connectivity index (χ4n) is 5.86. The van der Waals surface area contributed by atoms with Crippen LogP contribution >= 0.6 is 0 Å². The number of aliphatic hydroxyl groups is 1. The summed E-state index contributed by atoms with van der Waals surface area (Å²) in [6.07, 6.45) is 26.3. The van der Waals surface area contributed by atoms with Gasteiger partial charge in [-0.3, -0.25) is 0 Å². The van der Waals surface area contributed by atoms with Crippen LogP contribution in [0.4, 0.5) is 0 Å². The van der Waals surface area contributed by atoms with Crippen LogP contribution in [0.15, 0.2) is 11.6 Å². The molecule has 0 spiro atoms. The summed E-state index contributed by atoms with van der Waals surface area (Å²) < 4.78 is 18.2. The first-order valence-corrected chi connectivity index (χ1v) is 15.3. The zero-order valence-electron chi connectivity index (χ0n) is 23.5.